The topological polar surface area (TPSA) is 59.4 Å². The van der Waals surface area contributed by atoms with Crippen LogP contribution in [0.5, 0.6) is 5.88 Å². The highest BCUT2D eigenvalue weighted by Crippen LogP contribution is 2.07. The Morgan fingerprint density at radius 2 is 2.38 bits per heavy atom. The molecule has 1 N–H and O–H groups in total. The van der Waals surface area contributed by atoms with E-state index in [-0.39, 0.29) is 0 Å². The highest BCUT2D eigenvalue weighted by Gasteiger charge is 1.92. The lowest BCUT2D eigenvalue weighted by Crippen LogP contribution is -1.88. The zero-order valence-corrected chi connectivity index (χ0v) is 7.10. The van der Waals surface area contributed by atoms with E-state index in [2.05, 4.69) is 4.98 Å². The van der Waals surface area contributed by atoms with Gasteiger partial charge in [0.2, 0.25) is 5.88 Å². The van der Waals surface area contributed by atoms with Crippen molar-refractivity contribution in [3.63, 3.8) is 0 Å². The Morgan fingerprint density at radius 3 is 2.85 bits per heavy atom. The van der Waals surface area contributed by atoms with Crippen LogP contribution in [0.1, 0.15) is 5.56 Å². The minimum Gasteiger partial charge on any atom is -0.481 e. The molecule has 0 aromatic carbocycles. The molecule has 0 aliphatic rings. The molecular weight excluding hydrogens is 170 g/mol. The van der Waals surface area contributed by atoms with Gasteiger partial charge in [0.05, 0.1) is 7.11 Å². The number of pyridine rings is 1. The molecule has 0 fully saturated rings. The normalized spacial score (nSPS) is 10.2. The summed E-state index contributed by atoms with van der Waals surface area (Å²) in [6, 6.07) is 3.40. The van der Waals surface area contributed by atoms with Crippen molar-refractivity contribution in [2.24, 2.45) is 0 Å². The van der Waals surface area contributed by atoms with Gasteiger partial charge in [-0.25, -0.2) is 9.78 Å². The Morgan fingerprint density at radius 1 is 1.62 bits per heavy atom. The predicted molar refractivity (Wildman–Crippen MR) is 47.5 cm³/mol. The van der Waals surface area contributed by atoms with Crippen LogP contribution >= 0.6 is 0 Å². The highest BCUT2D eigenvalue weighted by molar-refractivity contribution is 5.85. The van der Waals surface area contributed by atoms with Gasteiger partial charge >= 0.3 is 5.97 Å². The van der Waals surface area contributed by atoms with E-state index in [0.717, 1.165) is 11.6 Å². The van der Waals surface area contributed by atoms with Crippen LogP contribution in [0.3, 0.4) is 0 Å². The molecule has 1 aromatic rings. The van der Waals surface area contributed by atoms with Crippen LogP contribution in [-0.4, -0.2) is 23.2 Å². The minimum absolute atomic E-state index is 0.507. The number of carbonyl (C=O) groups is 1. The number of hydrogen-bond donors (Lipinski definition) is 1. The average Bonchev–Trinajstić information content (AvgIpc) is 2.15. The van der Waals surface area contributed by atoms with Crippen molar-refractivity contribution < 1.29 is 14.6 Å². The lowest BCUT2D eigenvalue weighted by Gasteiger charge is -1.96. The van der Waals surface area contributed by atoms with Crippen LogP contribution in [-0.2, 0) is 4.79 Å². The third-order valence-electron chi connectivity index (χ3n) is 1.39. The SMILES string of the molecule is COc1ccc(C=CC(=O)O)cn1. The van der Waals surface area contributed by atoms with E-state index in [4.69, 9.17) is 9.84 Å². The Hall–Kier alpha value is -1.84. The first kappa shape index (κ1) is 9.25. The third kappa shape index (κ3) is 2.94. The summed E-state index contributed by atoms with van der Waals surface area (Å²) in [5.41, 5.74) is 0.725. The van der Waals surface area contributed by atoms with Gasteiger partial charge in [0.25, 0.3) is 0 Å². The first-order chi connectivity index (χ1) is 6.22. The first-order valence-electron chi connectivity index (χ1n) is 3.63. The molecule has 68 valence electrons. The quantitative estimate of drug-likeness (QED) is 0.708. The maximum absolute atomic E-state index is 10.2. The van der Waals surface area contributed by atoms with Crippen molar-refractivity contribution in [1.82, 2.24) is 4.98 Å². The summed E-state index contributed by atoms with van der Waals surface area (Å²) in [6.07, 6.45) is 4.07. The number of carboxylic acid groups (broad SMARTS) is 1. The van der Waals surface area contributed by atoms with Crippen LogP contribution in [0.25, 0.3) is 6.08 Å². The van der Waals surface area contributed by atoms with E-state index in [1.54, 1.807) is 12.1 Å². The van der Waals surface area contributed by atoms with Gasteiger partial charge in [-0.15, -0.1) is 0 Å². The van der Waals surface area contributed by atoms with Crippen LogP contribution in [0, 0.1) is 0 Å². The summed E-state index contributed by atoms with van der Waals surface area (Å²) in [7, 11) is 1.52. The van der Waals surface area contributed by atoms with E-state index < -0.39 is 5.97 Å². The van der Waals surface area contributed by atoms with Crippen molar-refractivity contribution in [3.05, 3.63) is 30.0 Å². The summed E-state index contributed by atoms with van der Waals surface area (Å²) >= 11 is 0. The second-order valence-electron chi connectivity index (χ2n) is 2.31. The van der Waals surface area contributed by atoms with Crippen molar-refractivity contribution in [2.45, 2.75) is 0 Å². The van der Waals surface area contributed by atoms with Crippen molar-refractivity contribution >= 4 is 12.0 Å². The molecular formula is C9H9NO3. The number of carboxylic acids is 1. The number of ether oxygens (including phenoxy) is 1. The lowest BCUT2D eigenvalue weighted by molar-refractivity contribution is -0.131. The predicted octanol–water partition coefficient (Wildman–Crippen LogP) is 1.19. The number of aromatic nitrogens is 1. The molecule has 0 atom stereocenters. The number of methoxy groups -OCH3 is 1. The van der Waals surface area contributed by atoms with E-state index in [1.165, 1.54) is 19.4 Å². The molecule has 4 nitrogen and oxygen atoms in total. The first-order valence-corrected chi connectivity index (χ1v) is 3.63. The summed E-state index contributed by atoms with van der Waals surface area (Å²) in [5, 5.41) is 8.34. The molecule has 0 amide bonds. The fourth-order valence-electron chi connectivity index (χ4n) is 0.779. The largest absolute Gasteiger partial charge is 0.481 e. The van der Waals surface area contributed by atoms with Gasteiger partial charge in [-0.3, -0.25) is 0 Å². The van der Waals surface area contributed by atoms with E-state index >= 15 is 0 Å². The summed E-state index contributed by atoms with van der Waals surface area (Å²) < 4.78 is 4.84. The van der Waals surface area contributed by atoms with Gasteiger partial charge in [-0.1, -0.05) is 0 Å². The Balaban J connectivity index is 2.75. The van der Waals surface area contributed by atoms with Crippen molar-refractivity contribution in [3.8, 4) is 5.88 Å². The molecule has 0 saturated carbocycles. The zero-order valence-electron chi connectivity index (χ0n) is 7.10. The number of aliphatic carboxylic acids is 1. The van der Waals surface area contributed by atoms with Crippen molar-refractivity contribution in [1.29, 1.82) is 0 Å². The minimum atomic E-state index is -0.976. The number of rotatable bonds is 3. The van der Waals surface area contributed by atoms with Crippen LogP contribution in [0.2, 0.25) is 0 Å². The second kappa shape index (κ2) is 4.25. The van der Waals surface area contributed by atoms with Crippen molar-refractivity contribution in [2.75, 3.05) is 7.11 Å². The molecule has 0 spiro atoms. The number of nitrogens with zero attached hydrogens (tertiary/aromatic N) is 1. The van der Waals surface area contributed by atoms with Gasteiger partial charge in [-0.2, -0.15) is 0 Å². The molecule has 0 aliphatic carbocycles. The van der Waals surface area contributed by atoms with Gasteiger partial charge in [0.1, 0.15) is 0 Å². The van der Waals surface area contributed by atoms with Crippen LogP contribution in [0.4, 0.5) is 0 Å². The third-order valence-corrected chi connectivity index (χ3v) is 1.39. The smallest absolute Gasteiger partial charge is 0.328 e. The molecule has 0 bridgehead atoms. The second-order valence-corrected chi connectivity index (χ2v) is 2.31. The summed E-state index contributed by atoms with van der Waals surface area (Å²) in [5.74, 6) is -0.469. The Kier molecular flexibility index (Phi) is 3.03. The zero-order chi connectivity index (χ0) is 9.68. The lowest BCUT2D eigenvalue weighted by atomic mass is 10.2. The monoisotopic (exact) mass is 179 g/mol. The van der Waals surface area contributed by atoms with E-state index in [0.29, 0.717) is 5.88 Å². The molecule has 1 rings (SSSR count). The number of hydrogen-bond acceptors (Lipinski definition) is 3. The maximum atomic E-state index is 10.2. The van der Waals surface area contributed by atoms with Gasteiger partial charge in [-0.05, 0) is 17.7 Å². The van der Waals surface area contributed by atoms with Gasteiger partial charge in [0.15, 0.2) is 0 Å². The molecule has 1 aromatic heterocycles. The molecule has 4 heteroatoms. The Labute approximate surface area is 75.5 Å². The molecule has 1 heterocycles. The standard InChI is InChI=1S/C9H9NO3/c1-13-8-4-2-7(6-10-8)3-5-9(11)12/h2-6H,1H3,(H,11,12). The fraction of sp³-hybridized carbons (Fsp3) is 0.111. The molecule has 0 aliphatic heterocycles. The fourth-order valence-corrected chi connectivity index (χ4v) is 0.779. The highest BCUT2D eigenvalue weighted by atomic mass is 16.5. The molecule has 0 radical (unpaired) electrons. The average molecular weight is 179 g/mol. The van der Waals surface area contributed by atoms with Crippen LogP contribution < -0.4 is 4.74 Å². The van der Waals surface area contributed by atoms with Gasteiger partial charge in [0, 0.05) is 18.3 Å². The van der Waals surface area contributed by atoms with Gasteiger partial charge < -0.3 is 9.84 Å². The maximum Gasteiger partial charge on any atom is 0.328 e. The Bertz CT molecular complexity index is 316. The summed E-state index contributed by atoms with van der Waals surface area (Å²) in [4.78, 5) is 14.1. The van der Waals surface area contributed by atoms with E-state index in [9.17, 15) is 4.79 Å². The molecule has 13 heavy (non-hydrogen) atoms. The van der Waals surface area contributed by atoms with Crippen LogP contribution in [0.15, 0.2) is 24.4 Å². The van der Waals surface area contributed by atoms with E-state index in [1.807, 2.05) is 0 Å². The molecule has 0 saturated heterocycles. The molecule has 0 unspecified atom stereocenters. The summed E-state index contributed by atoms with van der Waals surface area (Å²) in [6.45, 7) is 0.